The van der Waals surface area contributed by atoms with Gasteiger partial charge < -0.3 is 0 Å². The molecule has 0 radical (unpaired) electrons. The molecule has 13 heavy (non-hydrogen) atoms. The van der Waals surface area contributed by atoms with Crippen molar-refractivity contribution < 1.29 is 0 Å². The first kappa shape index (κ1) is 8.94. The molecule has 0 saturated heterocycles. The molecule has 1 aromatic heterocycles. The maximum atomic E-state index is 11.6. The molecule has 0 aromatic carbocycles. The Labute approximate surface area is 84.9 Å². The van der Waals surface area contributed by atoms with Gasteiger partial charge in [-0.1, -0.05) is 0 Å². The first-order chi connectivity index (χ1) is 6.18. The second-order valence-corrected chi connectivity index (χ2v) is 4.34. The van der Waals surface area contributed by atoms with Crippen molar-refractivity contribution >= 4 is 15.9 Å². The number of aryl methyl sites for hydroxylation is 1. The van der Waals surface area contributed by atoms with Gasteiger partial charge in [-0.25, -0.2) is 4.98 Å². The summed E-state index contributed by atoms with van der Waals surface area (Å²) in [6, 6.07) is 0. The number of nitrogens with zero attached hydrogens (tertiary/aromatic N) is 2. The molecule has 4 heteroatoms. The van der Waals surface area contributed by atoms with Crippen LogP contribution in [0.4, 0.5) is 0 Å². The summed E-state index contributed by atoms with van der Waals surface area (Å²) in [4.78, 5) is 15.8. The van der Waals surface area contributed by atoms with Gasteiger partial charge in [-0.3, -0.25) is 9.36 Å². The molecule has 3 nitrogen and oxygen atoms in total. The molecular weight excluding hydrogens is 232 g/mol. The highest BCUT2D eigenvalue weighted by Crippen LogP contribution is 2.30. The summed E-state index contributed by atoms with van der Waals surface area (Å²) >= 11 is 3.24. The minimum absolute atomic E-state index is 0.0411. The Morgan fingerprint density at radius 2 is 2.38 bits per heavy atom. The lowest BCUT2D eigenvalue weighted by atomic mass is 10.4. The summed E-state index contributed by atoms with van der Waals surface area (Å²) < 4.78 is 2.28. The van der Waals surface area contributed by atoms with Crippen molar-refractivity contribution in [2.24, 2.45) is 5.92 Å². The molecule has 0 N–H and O–H groups in total. The first-order valence-corrected chi connectivity index (χ1v) is 5.19. The summed E-state index contributed by atoms with van der Waals surface area (Å²) in [6.45, 7) is 2.65. The van der Waals surface area contributed by atoms with E-state index in [0.29, 0.717) is 10.4 Å². The topological polar surface area (TPSA) is 34.9 Å². The van der Waals surface area contributed by atoms with Gasteiger partial charge in [-0.15, -0.1) is 0 Å². The molecule has 70 valence electrons. The van der Waals surface area contributed by atoms with E-state index in [9.17, 15) is 4.79 Å². The molecule has 0 aliphatic heterocycles. The number of rotatable bonds is 2. The van der Waals surface area contributed by atoms with Gasteiger partial charge in [0.1, 0.15) is 4.47 Å². The van der Waals surface area contributed by atoms with Crippen LogP contribution in [0.25, 0.3) is 0 Å². The van der Waals surface area contributed by atoms with Crippen molar-refractivity contribution in [3.63, 3.8) is 0 Å². The van der Waals surface area contributed by atoms with Crippen LogP contribution in [-0.2, 0) is 6.54 Å². The quantitative estimate of drug-likeness (QED) is 0.792. The second-order valence-electron chi connectivity index (χ2n) is 3.54. The molecule has 1 aliphatic rings. The van der Waals surface area contributed by atoms with Gasteiger partial charge in [0.25, 0.3) is 5.56 Å². The molecule has 1 fully saturated rings. The zero-order valence-electron chi connectivity index (χ0n) is 7.46. The van der Waals surface area contributed by atoms with Gasteiger partial charge >= 0.3 is 0 Å². The maximum Gasteiger partial charge on any atom is 0.267 e. The van der Waals surface area contributed by atoms with Crippen LogP contribution in [0.15, 0.2) is 15.6 Å². The first-order valence-electron chi connectivity index (χ1n) is 4.40. The van der Waals surface area contributed by atoms with Crippen LogP contribution in [0.5, 0.6) is 0 Å². The zero-order valence-corrected chi connectivity index (χ0v) is 9.04. The summed E-state index contributed by atoms with van der Waals surface area (Å²) in [5.41, 5.74) is 0.802. The van der Waals surface area contributed by atoms with E-state index in [1.165, 1.54) is 12.8 Å². The van der Waals surface area contributed by atoms with E-state index in [2.05, 4.69) is 20.9 Å². The minimum Gasteiger partial charge on any atom is -0.298 e. The van der Waals surface area contributed by atoms with E-state index in [1.54, 1.807) is 10.9 Å². The van der Waals surface area contributed by atoms with Crippen LogP contribution in [0, 0.1) is 12.8 Å². The molecule has 1 heterocycles. The monoisotopic (exact) mass is 242 g/mol. The standard InChI is InChI=1S/C9H11BrN2O/c1-6-8(10)9(13)12(5-11-6)4-7-2-3-7/h5,7H,2-4H2,1H3. The van der Waals surface area contributed by atoms with Crippen LogP contribution >= 0.6 is 15.9 Å². The van der Waals surface area contributed by atoms with E-state index in [-0.39, 0.29) is 5.56 Å². The highest BCUT2D eigenvalue weighted by Gasteiger charge is 2.22. The third kappa shape index (κ3) is 1.82. The van der Waals surface area contributed by atoms with Crippen molar-refractivity contribution in [3.8, 4) is 0 Å². The number of halogens is 1. The molecule has 0 atom stereocenters. The van der Waals surface area contributed by atoms with E-state index < -0.39 is 0 Å². The van der Waals surface area contributed by atoms with Crippen LogP contribution < -0.4 is 5.56 Å². The molecule has 0 bridgehead atoms. The van der Waals surface area contributed by atoms with Gasteiger partial charge in [0.2, 0.25) is 0 Å². The summed E-state index contributed by atoms with van der Waals surface area (Å²) in [6.07, 6.45) is 4.14. The lowest BCUT2D eigenvalue weighted by Crippen LogP contribution is -2.22. The Morgan fingerprint density at radius 1 is 1.69 bits per heavy atom. The average Bonchev–Trinajstić information content (AvgIpc) is 2.90. The van der Waals surface area contributed by atoms with Crippen molar-refractivity contribution in [2.75, 3.05) is 0 Å². The molecule has 0 spiro atoms. The summed E-state index contributed by atoms with van der Waals surface area (Å²) in [5.74, 6) is 0.703. The predicted molar refractivity (Wildman–Crippen MR) is 53.7 cm³/mol. The second kappa shape index (κ2) is 3.25. The van der Waals surface area contributed by atoms with Crippen LogP contribution in [0.1, 0.15) is 18.5 Å². The molecule has 2 rings (SSSR count). The van der Waals surface area contributed by atoms with Gasteiger partial charge in [0, 0.05) is 6.54 Å². The van der Waals surface area contributed by atoms with E-state index >= 15 is 0 Å². The lowest BCUT2D eigenvalue weighted by Gasteiger charge is -2.04. The van der Waals surface area contributed by atoms with Gasteiger partial charge in [0.15, 0.2) is 0 Å². The van der Waals surface area contributed by atoms with Crippen LogP contribution in [-0.4, -0.2) is 9.55 Å². The number of hydrogen-bond donors (Lipinski definition) is 0. The fraction of sp³-hybridized carbons (Fsp3) is 0.556. The Balaban J connectivity index is 2.35. The SMILES string of the molecule is Cc1ncn(CC2CC2)c(=O)c1Br. The Bertz CT molecular complexity index is 382. The van der Waals surface area contributed by atoms with Crippen LogP contribution in [0.2, 0.25) is 0 Å². The van der Waals surface area contributed by atoms with E-state index in [1.807, 2.05) is 6.92 Å². The fourth-order valence-electron chi connectivity index (χ4n) is 1.25. The number of aromatic nitrogens is 2. The highest BCUT2D eigenvalue weighted by molar-refractivity contribution is 9.10. The van der Waals surface area contributed by atoms with Crippen molar-refractivity contribution in [1.82, 2.24) is 9.55 Å². The van der Waals surface area contributed by atoms with Gasteiger partial charge in [0.05, 0.1) is 12.0 Å². The third-order valence-corrected chi connectivity index (χ3v) is 3.22. The number of hydrogen-bond acceptors (Lipinski definition) is 2. The lowest BCUT2D eigenvalue weighted by molar-refractivity contribution is 0.591. The van der Waals surface area contributed by atoms with E-state index in [4.69, 9.17) is 0 Å². The van der Waals surface area contributed by atoms with Gasteiger partial charge in [-0.05, 0) is 41.6 Å². The smallest absolute Gasteiger partial charge is 0.267 e. The van der Waals surface area contributed by atoms with Crippen LogP contribution in [0.3, 0.4) is 0 Å². The minimum atomic E-state index is 0.0411. The third-order valence-electron chi connectivity index (χ3n) is 2.31. The highest BCUT2D eigenvalue weighted by atomic mass is 79.9. The fourth-order valence-corrected chi connectivity index (χ4v) is 1.59. The Hall–Kier alpha value is -0.640. The maximum absolute atomic E-state index is 11.6. The summed E-state index contributed by atoms with van der Waals surface area (Å²) in [5, 5.41) is 0. The van der Waals surface area contributed by atoms with Crippen molar-refractivity contribution in [1.29, 1.82) is 0 Å². The summed E-state index contributed by atoms with van der Waals surface area (Å²) in [7, 11) is 0. The van der Waals surface area contributed by atoms with Gasteiger partial charge in [-0.2, -0.15) is 0 Å². The predicted octanol–water partition coefficient (Wildman–Crippen LogP) is 1.72. The average molecular weight is 243 g/mol. The normalized spacial score (nSPS) is 16.2. The molecule has 1 saturated carbocycles. The zero-order chi connectivity index (χ0) is 9.42. The molecule has 0 unspecified atom stereocenters. The largest absolute Gasteiger partial charge is 0.298 e. The molecule has 0 amide bonds. The molecular formula is C9H11BrN2O. The van der Waals surface area contributed by atoms with Crippen molar-refractivity contribution in [2.45, 2.75) is 26.3 Å². The van der Waals surface area contributed by atoms with E-state index in [0.717, 1.165) is 12.2 Å². The van der Waals surface area contributed by atoms with Crippen molar-refractivity contribution in [3.05, 3.63) is 26.8 Å². The Morgan fingerprint density at radius 3 is 3.00 bits per heavy atom. The molecule has 1 aromatic rings. The Kier molecular flexibility index (Phi) is 2.24. The molecule has 1 aliphatic carbocycles.